The van der Waals surface area contributed by atoms with Gasteiger partial charge in [-0.25, -0.2) is 0 Å². The van der Waals surface area contributed by atoms with E-state index in [1.54, 1.807) is 11.8 Å². The lowest BCUT2D eigenvalue weighted by Gasteiger charge is -2.31. The van der Waals surface area contributed by atoms with Crippen LogP contribution in [0.25, 0.3) is 0 Å². The molecule has 1 aliphatic heterocycles. The zero-order valence-corrected chi connectivity index (χ0v) is 14.3. The fraction of sp³-hybridized carbons (Fsp3) is 0.579. The number of nitrogens with zero attached hydrogens (tertiary/aromatic N) is 1. The molecule has 1 fully saturated rings. The van der Waals surface area contributed by atoms with Crippen LogP contribution in [-0.2, 0) is 27.2 Å². The van der Waals surface area contributed by atoms with Gasteiger partial charge < -0.3 is 14.4 Å². The van der Waals surface area contributed by atoms with Gasteiger partial charge in [0.1, 0.15) is 5.75 Å². The van der Waals surface area contributed by atoms with Crippen molar-refractivity contribution >= 4 is 11.9 Å². The number of esters is 1. The zero-order valence-electron chi connectivity index (χ0n) is 14.3. The van der Waals surface area contributed by atoms with Gasteiger partial charge in [-0.3, -0.25) is 9.59 Å². The molecular formula is C19H25NO4. The van der Waals surface area contributed by atoms with Gasteiger partial charge >= 0.3 is 5.97 Å². The highest BCUT2D eigenvalue weighted by Gasteiger charge is 2.29. The van der Waals surface area contributed by atoms with Crippen molar-refractivity contribution in [2.75, 3.05) is 26.3 Å². The van der Waals surface area contributed by atoms with E-state index in [1.807, 2.05) is 12.1 Å². The summed E-state index contributed by atoms with van der Waals surface area (Å²) in [6.45, 7) is 3.32. The van der Waals surface area contributed by atoms with Crippen LogP contribution in [-0.4, -0.2) is 43.1 Å². The minimum Gasteiger partial charge on any atom is -0.484 e. The van der Waals surface area contributed by atoms with Gasteiger partial charge in [0.05, 0.1) is 12.5 Å². The topological polar surface area (TPSA) is 55.8 Å². The number of aryl methyl sites for hydroxylation is 2. The SMILES string of the molecule is CCOC(=O)C1CCCN(C(=O)COc2ccc3c(c2)CCC3)C1. The number of carbonyl (C=O) groups is 2. The van der Waals surface area contributed by atoms with E-state index in [-0.39, 0.29) is 24.4 Å². The van der Waals surface area contributed by atoms with Crippen LogP contribution in [0.4, 0.5) is 0 Å². The summed E-state index contributed by atoms with van der Waals surface area (Å²) < 4.78 is 10.8. The van der Waals surface area contributed by atoms with E-state index in [1.165, 1.54) is 17.5 Å². The molecule has 1 aromatic rings. The first kappa shape index (κ1) is 16.8. The number of benzene rings is 1. The highest BCUT2D eigenvalue weighted by molar-refractivity contribution is 5.79. The zero-order chi connectivity index (χ0) is 16.9. The molecule has 1 aromatic carbocycles. The Bertz CT molecular complexity index is 613. The molecule has 2 aliphatic rings. The monoisotopic (exact) mass is 331 g/mol. The predicted molar refractivity (Wildman–Crippen MR) is 89.9 cm³/mol. The van der Waals surface area contributed by atoms with Crippen LogP contribution < -0.4 is 4.74 Å². The lowest BCUT2D eigenvalue weighted by molar-refractivity contribution is -0.151. The Labute approximate surface area is 142 Å². The Morgan fingerprint density at radius 3 is 2.88 bits per heavy atom. The van der Waals surface area contributed by atoms with Crippen LogP contribution in [0.1, 0.15) is 37.3 Å². The molecule has 5 nitrogen and oxygen atoms in total. The van der Waals surface area contributed by atoms with E-state index in [4.69, 9.17) is 9.47 Å². The molecule has 24 heavy (non-hydrogen) atoms. The third kappa shape index (κ3) is 3.89. The largest absolute Gasteiger partial charge is 0.484 e. The van der Waals surface area contributed by atoms with Gasteiger partial charge in [0.15, 0.2) is 6.61 Å². The van der Waals surface area contributed by atoms with Crippen LogP contribution in [0, 0.1) is 5.92 Å². The molecule has 1 heterocycles. The second kappa shape index (κ2) is 7.69. The number of rotatable bonds is 5. The summed E-state index contributed by atoms with van der Waals surface area (Å²) in [4.78, 5) is 26.0. The normalized spacial score (nSPS) is 19.7. The van der Waals surface area contributed by atoms with Crippen molar-refractivity contribution in [3.05, 3.63) is 29.3 Å². The first-order chi connectivity index (χ1) is 11.7. The number of fused-ring (bicyclic) bond motifs is 1. The first-order valence-corrected chi connectivity index (χ1v) is 8.86. The first-order valence-electron chi connectivity index (χ1n) is 8.86. The molecular weight excluding hydrogens is 306 g/mol. The summed E-state index contributed by atoms with van der Waals surface area (Å²) >= 11 is 0. The lowest BCUT2D eigenvalue weighted by atomic mass is 9.98. The Morgan fingerprint density at radius 2 is 2.04 bits per heavy atom. The van der Waals surface area contributed by atoms with Gasteiger partial charge in [-0.2, -0.15) is 0 Å². The van der Waals surface area contributed by atoms with E-state index in [9.17, 15) is 9.59 Å². The van der Waals surface area contributed by atoms with E-state index < -0.39 is 0 Å². The molecule has 0 spiro atoms. The number of carbonyl (C=O) groups excluding carboxylic acids is 2. The maximum Gasteiger partial charge on any atom is 0.310 e. The highest BCUT2D eigenvalue weighted by atomic mass is 16.5. The third-order valence-electron chi connectivity index (χ3n) is 4.83. The number of hydrogen-bond acceptors (Lipinski definition) is 4. The maximum atomic E-state index is 12.4. The van der Waals surface area contributed by atoms with E-state index in [0.29, 0.717) is 19.7 Å². The Kier molecular flexibility index (Phi) is 5.38. The van der Waals surface area contributed by atoms with Crippen molar-refractivity contribution in [2.24, 2.45) is 5.92 Å². The second-order valence-electron chi connectivity index (χ2n) is 6.50. The van der Waals surface area contributed by atoms with Crippen LogP contribution in [0.15, 0.2) is 18.2 Å². The molecule has 1 saturated heterocycles. The van der Waals surface area contributed by atoms with Crippen molar-refractivity contribution < 1.29 is 19.1 Å². The molecule has 1 aliphatic carbocycles. The molecule has 1 atom stereocenters. The summed E-state index contributed by atoms with van der Waals surface area (Å²) in [6, 6.07) is 6.09. The predicted octanol–water partition coefficient (Wildman–Crippen LogP) is 2.36. The Hall–Kier alpha value is -2.04. The van der Waals surface area contributed by atoms with Crippen LogP contribution in [0.3, 0.4) is 0 Å². The summed E-state index contributed by atoms with van der Waals surface area (Å²) in [5, 5.41) is 0. The van der Waals surface area contributed by atoms with E-state index in [0.717, 1.165) is 31.4 Å². The van der Waals surface area contributed by atoms with Crippen molar-refractivity contribution in [3.8, 4) is 5.75 Å². The van der Waals surface area contributed by atoms with Crippen molar-refractivity contribution in [1.29, 1.82) is 0 Å². The second-order valence-corrected chi connectivity index (χ2v) is 6.50. The standard InChI is InChI=1S/C19H25NO4/c1-2-23-19(22)16-7-4-10-20(12-16)18(21)13-24-17-9-8-14-5-3-6-15(14)11-17/h8-9,11,16H,2-7,10,12-13H2,1H3. The molecule has 0 aromatic heterocycles. The number of likely N-dealkylation sites (tertiary alicyclic amines) is 1. The minimum atomic E-state index is -0.206. The van der Waals surface area contributed by atoms with Gasteiger partial charge in [-0.05, 0) is 62.3 Å². The molecule has 0 radical (unpaired) electrons. The van der Waals surface area contributed by atoms with Gasteiger partial charge in [0.25, 0.3) is 5.91 Å². The van der Waals surface area contributed by atoms with Gasteiger partial charge in [-0.1, -0.05) is 6.07 Å². The molecule has 0 bridgehead atoms. The Balaban J connectivity index is 1.52. The number of ether oxygens (including phenoxy) is 2. The van der Waals surface area contributed by atoms with Crippen molar-refractivity contribution in [2.45, 2.75) is 39.0 Å². The fourth-order valence-corrected chi connectivity index (χ4v) is 3.53. The molecule has 3 rings (SSSR count). The molecule has 1 amide bonds. The van der Waals surface area contributed by atoms with Gasteiger partial charge in [-0.15, -0.1) is 0 Å². The summed E-state index contributed by atoms with van der Waals surface area (Å²) in [5.41, 5.74) is 2.72. The molecule has 1 unspecified atom stereocenters. The summed E-state index contributed by atoms with van der Waals surface area (Å²) in [6.07, 6.45) is 5.04. The molecule has 0 N–H and O–H groups in total. The summed E-state index contributed by atoms with van der Waals surface area (Å²) in [5.74, 6) is 0.282. The van der Waals surface area contributed by atoms with E-state index in [2.05, 4.69) is 6.07 Å². The molecule has 0 saturated carbocycles. The number of hydrogen-bond donors (Lipinski definition) is 0. The Morgan fingerprint density at radius 1 is 1.21 bits per heavy atom. The lowest BCUT2D eigenvalue weighted by Crippen LogP contribution is -2.44. The quantitative estimate of drug-likeness (QED) is 0.777. The average molecular weight is 331 g/mol. The van der Waals surface area contributed by atoms with E-state index >= 15 is 0 Å². The van der Waals surface area contributed by atoms with Crippen molar-refractivity contribution in [3.63, 3.8) is 0 Å². The fourth-order valence-electron chi connectivity index (χ4n) is 3.53. The van der Waals surface area contributed by atoms with Gasteiger partial charge in [0, 0.05) is 13.1 Å². The van der Waals surface area contributed by atoms with Crippen LogP contribution in [0.5, 0.6) is 5.75 Å². The van der Waals surface area contributed by atoms with Gasteiger partial charge in [0.2, 0.25) is 0 Å². The summed E-state index contributed by atoms with van der Waals surface area (Å²) in [7, 11) is 0. The number of amides is 1. The van der Waals surface area contributed by atoms with Crippen molar-refractivity contribution in [1.82, 2.24) is 4.90 Å². The highest BCUT2D eigenvalue weighted by Crippen LogP contribution is 2.26. The average Bonchev–Trinajstić information content (AvgIpc) is 3.07. The smallest absolute Gasteiger partial charge is 0.310 e. The number of piperidine rings is 1. The third-order valence-corrected chi connectivity index (χ3v) is 4.83. The van der Waals surface area contributed by atoms with Crippen LogP contribution in [0.2, 0.25) is 0 Å². The minimum absolute atomic E-state index is 0.0222. The molecule has 130 valence electrons. The maximum absolute atomic E-state index is 12.4. The molecule has 5 heteroatoms. The van der Waals surface area contributed by atoms with Crippen LogP contribution >= 0.6 is 0 Å².